The van der Waals surface area contributed by atoms with Gasteiger partial charge in [0.05, 0.1) is 36.1 Å². The molecule has 9 heteroatoms. The molecule has 0 saturated carbocycles. The van der Waals surface area contributed by atoms with Crippen molar-refractivity contribution in [3.63, 3.8) is 0 Å². The number of Topliss-reactive ketones (excluding diaryl/α,β-unsaturated/α-hetero) is 1. The quantitative estimate of drug-likeness (QED) is 0.223. The highest BCUT2D eigenvalue weighted by molar-refractivity contribution is 7.22. The Kier molecular flexibility index (Phi) is 5.93. The molecule has 0 radical (unpaired) electrons. The highest BCUT2D eigenvalue weighted by atomic mass is 32.1. The summed E-state index contributed by atoms with van der Waals surface area (Å²) in [5.74, 6) is -1.74. The van der Waals surface area contributed by atoms with Gasteiger partial charge in [0.25, 0.3) is 5.78 Å². The van der Waals surface area contributed by atoms with E-state index in [1.54, 1.807) is 18.2 Å². The number of hydrogen-bond acceptors (Lipinski definition) is 7. The predicted octanol–water partition coefficient (Wildman–Crippen LogP) is 5.39. The van der Waals surface area contributed by atoms with E-state index in [4.69, 9.17) is 9.47 Å². The van der Waals surface area contributed by atoms with Crippen molar-refractivity contribution in [3.05, 3.63) is 88.7 Å². The van der Waals surface area contributed by atoms with Crippen molar-refractivity contribution in [1.82, 2.24) is 4.98 Å². The van der Waals surface area contributed by atoms with Gasteiger partial charge in [-0.15, -0.1) is 0 Å². The number of hydrogen-bond donors (Lipinski definition) is 1. The molecule has 1 aromatic heterocycles. The third kappa shape index (κ3) is 3.87. The summed E-state index contributed by atoms with van der Waals surface area (Å²) in [6.45, 7) is 1.96. The number of amides is 1. The lowest BCUT2D eigenvalue weighted by Crippen LogP contribution is -2.29. The van der Waals surface area contributed by atoms with Gasteiger partial charge in [-0.3, -0.25) is 14.5 Å². The smallest absolute Gasteiger partial charge is 0.301 e. The first-order valence-electron chi connectivity index (χ1n) is 11.0. The highest BCUT2D eigenvalue weighted by Crippen LogP contribution is 2.45. The van der Waals surface area contributed by atoms with Crippen LogP contribution in [0.3, 0.4) is 0 Å². The monoisotopic (exact) mass is 504 g/mol. The van der Waals surface area contributed by atoms with Crippen molar-refractivity contribution in [2.75, 3.05) is 19.1 Å². The zero-order chi connectivity index (χ0) is 25.6. The molecule has 0 aliphatic carbocycles. The molecule has 1 N–H and O–H groups in total. The van der Waals surface area contributed by atoms with Crippen LogP contribution >= 0.6 is 11.3 Å². The van der Waals surface area contributed by atoms with Crippen molar-refractivity contribution in [3.8, 4) is 11.5 Å². The molecule has 0 bridgehead atoms. The lowest BCUT2D eigenvalue weighted by molar-refractivity contribution is -0.132. The number of nitrogens with zero attached hydrogens (tertiary/aromatic N) is 2. The number of anilines is 1. The minimum atomic E-state index is -1.00. The molecule has 1 saturated heterocycles. The molecule has 7 nitrogen and oxygen atoms in total. The van der Waals surface area contributed by atoms with E-state index in [9.17, 15) is 19.1 Å². The van der Waals surface area contributed by atoms with Crippen LogP contribution in [0, 0.1) is 12.7 Å². The fourth-order valence-corrected chi connectivity index (χ4v) is 5.34. The molecule has 4 aromatic rings. The maximum atomic E-state index is 13.5. The number of thiazole rings is 1. The van der Waals surface area contributed by atoms with Crippen LogP contribution in [0.15, 0.2) is 66.2 Å². The highest BCUT2D eigenvalue weighted by Gasteiger charge is 2.48. The molecular weight excluding hydrogens is 483 g/mol. The minimum Gasteiger partial charge on any atom is -0.507 e. The zero-order valence-corrected chi connectivity index (χ0v) is 20.4. The summed E-state index contributed by atoms with van der Waals surface area (Å²) >= 11 is 1.27. The molecule has 3 aromatic carbocycles. The second-order valence-corrected chi connectivity index (χ2v) is 9.27. The summed E-state index contributed by atoms with van der Waals surface area (Å²) in [5.41, 5.74) is 2.31. The van der Waals surface area contributed by atoms with Crippen molar-refractivity contribution in [1.29, 1.82) is 0 Å². The number of halogens is 1. The topological polar surface area (TPSA) is 89.0 Å². The van der Waals surface area contributed by atoms with Crippen LogP contribution in [0.5, 0.6) is 11.5 Å². The number of fused-ring (bicyclic) bond motifs is 1. The van der Waals surface area contributed by atoms with Gasteiger partial charge in [-0.05, 0) is 66.6 Å². The second kappa shape index (κ2) is 9.09. The molecule has 1 aliphatic rings. The Morgan fingerprint density at radius 2 is 1.72 bits per heavy atom. The third-order valence-corrected chi connectivity index (χ3v) is 7.04. The Morgan fingerprint density at radius 3 is 2.42 bits per heavy atom. The van der Waals surface area contributed by atoms with Gasteiger partial charge in [0.2, 0.25) is 0 Å². The zero-order valence-electron chi connectivity index (χ0n) is 19.6. The number of aliphatic hydroxyl groups is 1. The number of rotatable bonds is 5. The fraction of sp³-hybridized carbons (Fsp3) is 0.148. The fourth-order valence-electron chi connectivity index (χ4n) is 4.25. The Hall–Kier alpha value is -4.24. The number of ether oxygens (including phenoxy) is 2. The van der Waals surface area contributed by atoms with E-state index in [1.807, 2.05) is 25.1 Å². The van der Waals surface area contributed by atoms with E-state index in [2.05, 4.69) is 4.98 Å². The Morgan fingerprint density at radius 1 is 1.00 bits per heavy atom. The average molecular weight is 505 g/mol. The van der Waals surface area contributed by atoms with E-state index in [0.29, 0.717) is 27.7 Å². The Labute approximate surface area is 210 Å². The molecule has 182 valence electrons. The van der Waals surface area contributed by atoms with E-state index in [-0.39, 0.29) is 11.1 Å². The maximum absolute atomic E-state index is 13.5. The van der Waals surface area contributed by atoms with E-state index < -0.39 is 29.3 Å². The average Bonchev–Trinajstić information content (AvgIpc) is 3.41. The number of benzene rings is 3. The maximum Gasteiger partial charge on any atom is 0.301 e. The molecule has 1 aliphatic heterocycles. The van der Waals surface area contributed by atoms with Crippen LogP contribution in [0.1, 0.15) is 22.7 Å². The summed E-state index contributed by atoms with van der Waals surface area (Å²) in [6, 6.07) is 14.8. The van der Waals surface area contributed by atoms with Gasteiger partial charge >= 0.3 is 5.91 Å². The van der Waals surface area contributed by atoms with Crippen LogP contribution in [-0.4, -0.2) is 36.0 Å². The predicted molar refractivity (Wildman–Crippen MR) is 135 cm³/mol. The number of carbonyl (C=O) groups excluding carboxylic acids is 2. The first kappa shape index (κ1) is 23.5. The van der Waals surface area contributed by atoms with Crippen molar-refractivity contribution < 1.29 is 28.6 Å². The van der Waals surface area contributed by atoms with Crippen LogP contribution in [0.4, 0.5) is 9.52 Å². The Balaban J connectivity index is 1.75. The summed E-state index contributed by atoms with van der Waals surface area (Å²) in [4.78, 5) is 32.6. The van der Waals surface area contributed by atoms with Gasteiger partial charge in [0.15, 0.2) is 16.6 Å². The Bertz CT molecular complexity index is 1540. The summed E-state index contributed by atoms with van der Waals surface area (Å²) in [7, 11) is 2.98. The summed E-state index contributed by atoms with van der Waals surface area (Å²) in [6.07, 6.45) is 0. The standard InChI is InChI=1S/C27H21FN2O5S/c1-14-4-10-18-21(12-14)36-27(29-18)30-23(16-7-11-19(34-2)20(13-16)35-3)22(25(32)26(30)33)24(31)15-5-8-17(28)9-6-15/h4-13,23,31H,1-3H3/b24-22+/t23-/m0/s1. The molecule has 2 heterocycles. The summed E-state index contributed by atoms with van der Waals surface area (Å²) < 4.78 is 25.1. The van der Waals surface area contributed by atoms with Gasteiger partial charge in [0.1, 0.15) is 11.6 Å². The van der Waals surface area contributed by atoms with Crippen molar-refractivity contribution in [2.45, 2.75) is 13.0 Å². The van der Waals surface area contributed by atoms with Crippen molar-refractivity contribution >= 4 is 44.1 Å². The lowest BCUT2D eigenvalue weighted by atomic mass is 9.95. The van der Waals surface area contributed by atoms with E-state index in [0.717, 1.165) is 10.3 Å². The number of aromatic nitrogens is 1. The molecule has 1 atom stereocenters. The number of methoxy groups -OCH3 is 2. The molecular formula is C27H21FN2O5S. The lowest BCUT2D eigenvalue weighted by Gasteiger charge is -2.23. The van der Waals surface area contributed by atoms with Gasteiger partial charge in [-0.25, -0.2) is 9.37 Å². The summed E-state index contributed by atoms with van der Waals surface area (Å²) in [5, 5.41) is 11.5. The van der Waals surface area contributed by atoms with Crippen LogP contribution in [-0.2, 0) is 9.59 Å². The molecule has 5 rings (SSSR count). The van der Waals surface area contributed by atoms with Crippen LogP contribution in [0.25, 0.3) is 16.0 Å². The first-order valence-corrected chi connectivity index (χ1v) is 11.8. The number of ketones is 1. The number of aliphatic hydroxyl groups excluding tert-OH is 1. The molecule has 0 unspecified atom stereocenters. The largest absolute Gasteiger partial charge is 0.507 e. The number of carbonyl (C=O) groups is 2. The minimum absolute atomic E-state index is 0.130. The first-order chi connectivity index (χ1) is 17.3. The van der Waals surface area contributed by atoms with Gasteiger partial charge in [0, 0.05) is 5.56 Å². The molecule has 1 fully saturated rings. The van der Waals surface area contributed by atoms with Gasteiger partial charge < -0.3 is 14.6 Å². The van der Waals surface area contributed by atoms with E-state index in [1.165, 1.54) is 54.7 Å². The SMILES string of the molecule is COc1ccc([C@H]2/C(=C(\O)c3ccc(F)cc3)C(=O)C(=O)N2c2nc3ccc(C)cc3s2)cc1OC. The number of aryl methyl sites for hydroxylation is 1. The second-order valence-electron chi connectivity index (χ2n) is 8.26. The van der Waals surface area contributed by atoms with Gasteiger partial charge in [-0.1, -0.05) is 23.5 Å². The molecule has 0 spiro atoms. The molecule has 1 amide bonds. The molecule has 36 heavy (non-hydrogen) atoms. The van der Waals surface area contributed by atoms with Crippen LogP contribution in [0.2, 0.25) is 0 Å². The van der Waals surface area contributed by atoms with Crippen LogP contribution < -0.4 is 14.4 Å². The normalized spacial score (nSPS) is 17.1. The van der Waals surface area contributed by atoms with Gasteiger partial charge in [-0.2, -0.15) is 0 Å². The van der Waals surface area contributed by atoms with E-state index >= 15 is 0 Å². The third-order valence-electron chi connectivity index (χ3n) is 6.02. The van der Waals surface area contributed by atoms with Crippen molar-refractivity contribution in [2.24, 2.45) is 0 Å².